The molecule has 0 saturated carbocycles. The van der Waals surface area contributed by atoms with E-state index in [4.69, 9.17) is 0 Å². The summed E-state index contributed by atoms with van der Waals surface area (Å²) in [4.78, 5) is 17.0. The normalized spacial score (nSPS) is 13.2. The zero-order valence-corrected chi connectivity index (χ0v) is 14.7. The molecule has 0 aliphatic rings. The molecule has 0 fully saturated rings. The van der Waals surface area contributed by atoms with Crippen LogP contribution < -0.4 is 5.32 Å². The summed E-state index contributed by atoms with van der Waals surface area (Å²) >= 11 is 0. The van der Waals surface area contributed by atoms with Crippen molar-refractivity contribution in [2.24, 2.45) is 12.5 Å². The summed E-state index contributed by atoms with van der Waals surface area (Å²) in [5.74, 6) is -0.0353. The van der Waals surface area contributed by atoms with Crippen LogP contribution in [-0.4, -0.2) is 26.1 Å². The van der Waals surface area contributed by atoms with E-state index in [9.17, 15) is 4.79 Å². The number of amides is 1. The van der Waals surface area contributed by atoms with Crippen LogP contribution in [0.3, 0.4) is 0 Å². The lowest BCUT2D eigenvalue weighted by Crippen LogP contribution is -2.46. The van der Waals surface area contributed by atoms with Crippen molar-refractivity contribution in [1.82, 2.24) is 19.4 Å². The van der Waals surface area contributed by atoms with E-state index >= 15 is 0 Å². The van der Waals surface area contributed by atoms with E-state index in [1.165, 1.54) is 0 Å². The van der Waals surface area contributed by atoms with Gasteiger partial charge in [0.1, 0.15) is 0 Å². The van der Waals surface area contributed by atoms with Crippen molar-refractivity contribution in [3.63, 3.8) is 0 Å². The van der Waals surface area contributed by atoms with Gasteiger partial charge in [-0.3, -0.25) is 4.79 Å². The standard InChI is InChI=1S/C19H24N4O/c1-19(2,3)17(12-23-10-9-20-13-23)21-18(24)15-11-22(4)16-8-6-5-7-14(15)16/h5-11,13,17H,12H2,1-4H3,(H,21,24)/t17-/m0/s1. The van der Waals surface area contributed by atoms with E-state index in [2.05, 4.69) is 31.1 Å². The first-order chi connectivity index (χ1) is 11.4. The van der Waals surface area contributed by atoms with E-state index in [-0.39, 0.29) is 17.4 Å². The Balaban J connectivity index is 1.87. The minimum absolute atomic E-state index is 0.00170. The number of nitrogens with zero attached hydrogens (tertiary/aromatic N) is 3. The maximum Gasteiger partial charge on any atom is 0.253 e. The van der Waals surface area contributed by atoms with E-state index in [0.717, 1.165) is 10.9 Å². The van der Waals surface area contributed by atoms with Gasteiger partial charge in [-0.2, -0.15) is 0 Å². The minimum Gasteiger partial charge on any atom is -0.350 e. The molecule has 1 atom stereocenters. The molecule has 0 saturated heterocycles. The van der Waals surface area contributed by atoms with Gasteiger partial charge in [-0.1, -0.05) is 39.0 Å². The summed E-state index contributed by atoms with van der Waals surface area (Å²) < 4.78 is 3.99. The Bertz CT molecular complexity index is 840. The number of imidazole rings is 1. The van der Waals surface area contributed by atoms with Gasteiger partial charge in [0, 0.05) is 43.1 Å². The smallest absolute Gasteiger partial charge is 0.253 e. The fourth-order valence-corrected chi connectivity index (χ4v) is 2.90. The molecule has 3 aromatic rings. The highest BCUT2D eigenvalue weighted by Crippen LogP contribution is 2.24. The zero-order valence-electron chi connectivity index (χ0n) is 14.7. The molecule has 0 aliphatic heterocycles. The van der Waals surface area contributed by atoms with Gasteiger partial charge in [-0.15, -0.1) is 0 Å². The highest BCUT2D eigenvalue weighted by Gasteiger charge is 2.27. The molecule has 1 N–H and O–H groups in total. The number of carbonyl (C=O) groups excluding carboxylic acids is 1. The molecule has 0 radical (unpaired) electrons. The van der Waals surface area contributed by atoms with E-state index in [1.807, 2.05) is 52.8 Å². The van der Waals surface area contributed by atoms with Gasteiger partial charge >= 0.3 is 0 Å². The van der Waals surface area contributed by atoms with Gasteiger partial charge in [0.05, 0.1) is 17.9 Å². The molecule has 5 heteroatoms. The number of hydrogen-bond donors (Lipinski definition) is 1. The number of fused-ring (bicyclic) bond motifs is 1. The topological polar surface area (TPSA) is 51.9 Å². The van der Waals surface area contributed by atoms with Crippen molar-refractivity contribution >= 4 is 16.8 Å². The van der Waals surface area contributed by atoms with Crippen LogP contribution in [0.15, 0.2) is 49.2 Å². The molecule has 3 rings (SSSR count). The molecule has 0 unspecified atom stereocenters. The van der Waals surface area contributed by atoms with Gasteiger partial charge in [-0.05, 0) is 11.5 Å². The first kappa shape index (κ1) is 16.3. The quantitative estimate of drug-likeness (QED) is 0.801. The molecule has 1 amide bonds. The average molecular weight is 324 g/mol. The fourth-order valence-electron chi connectivity index (χ4n) is 2.90. The van der Waals surface area contributed by atoms with Crippen LogP contribution in [0.1, 0.15) is 31.1 Å². The molecule has 2 heterocycles. The van der Waals surface area contributed by atoms with Crippen molar-refractivity contribution in [3.8, 4) is 0 Å². The average Bonchev–Trinajstić information content (AvgIpc) is 3.14. The number of carbonyl (C=O) groups is 1. The van der Waals surface area contributed by atoms with Gasteiger partial charge in [0.2, 0.25) is 0 Å². The monoisotopic (exact) mass is 324 g/mol. The summed E-state index contributed by atoms with van der Waals surface area (Å²) in [5.41, 5.74) is 1.71. The highest BCUT2D eigenvalue weighted by atomic mass is 16.1. The Hall–Kier alpha value is -2.56. The Labute approximate surface area is 142 Å². The van der Waals surface area contributed by atoms with Crippen LogP contribution in [0.2, 0.25) is 0 Å². The summed E-state index contributed by atoms with van der Waals surface area (Å²) in [7, 11) is 1.96. The summed E-state index contributed by atoms with van der Waals surface area (Å²) in [6.45, 7) is 7.11. The third kappa shape index (κ3) is 3.20. The molecule has 0 spiro atoms. The van der Waals surface area contributed by atoms with E-state index in [0.29, 0.717) is 12.1 Å². The largest absolute Gasteiger partial charge is 0.350 e. The highest BCUT2D eigenvalue weighted by molar-refractivity contribution is 6.07. The van der Waals surface area contributed by atoms with Crippen LogP contribution in [0.4, 0.5) is 0 Å². The lowest BCUT2D eigenvalue weighted by atomic mass is 9.86. The summed E-state index contributed by atoms with van der Waals surface area (Å²) in [6.07, 6.45) is 7.36. The van der Waals surface area contributed by atoms with Crippen LogP contribution in [-0.2, 0) is 13.6 Å². The van der Waals surface area contributed by atoms with E-state index < -0.39 is 0 Å². The Morgan fingerprint density at radius 1 is 1.29 bits per heavy atom. The maximum atomic E-state index is 12.9. The lowest BCUT2D eigenvalue weighted by molar-refractivity contribution is 0.0894. The summed E-state index contributed by atoms with van der Waals surface area (Å²) in [6, 6.07) is 7.97. The van der Waals surface area contributed by atoms with Crippen LogP contribution in [0.5, 0.6) is 0 Å². The van der Waals surface area contributed by atoms with Gasteiger partial charge in [0.25, 0.3) is 5.91 Å². The number of aryl methyl sites for hydroxylation is 1. The van der Waals surface area contributed by atoms with Crippen molar-refractivity contribution in [2.75, 3.05) is 0 Å². The van der Waals surface area contributed by atoms with Crippen LogP contribution >= 0.6 is 0 Å². The van der Waals surface area contributed by atoms with Crippen molar-refractivity contribution in [1.29, 1.82) is 0 Å². The number of para-hydroxylation sites is 1. The first-order valence-electron chi connectivity index (χ1n) is 8.17. The van der Waals surface area contributed by atoms with Crippen LogP contribution in [0, 0.1) is 5.41 Å². The molecule has 24 heavy (non-hydrogen) atoms. The predicted molar refractivity (Wildman–Crippen MR) is 95.9 cm³/mol. The van der Waals surface area contributed by atoms with Crippen molar-refractivity contribution < 1.29 is 4.79 Å². The van der Waals surface area contributed by atoms with E-state index in [1.54, 1.807) is 12.5 Å². The number of rotatable bonds is 4. The number of aromatic nitrogens is 3. The summed E-state index contributed by atoms with van der Waals surface area (Å²) in [5, 5.41) is 4.20. The maximum absolute atomic E-state index is 12.9. The number of nitrogens with one attached hydrogen (secondary N) is 1. The van der Waals surface area contributed by atoms with Gasteiger partial charge < -0.3 is 14.5 Å². The Kier molecular flexibility index (Phi) is 4.18. The molecule has 1 aromatic carbocycles. The third-order valence-corrected chi connectivity index (χ3v) is 4.44. The Morgan fingerprint density at radius 2 is 2.04 bits per heavy atom. The number of benzene rings is 1. The van der Waals surface area contributed by atoms with Crippen molar-refractivity contribution in [3.05, 3.63) is 54.7 Å². The molecule has 0 bridgehead atoms. The lowest BCUT2D eigenvalue weighted by Gasteiger charge is -2.31. The molecular weight excluding hydrogens is 300 g/mol. The second-order valence-corrected chi connectivity index (χ2v) is 7.32. The molecule has 5 nitrogen and oxygen atoms in total. The molecule has 0 aliphatic carbocycles. The predicted octanol–water partition coefficient (Wildman–Crippen LogP) is 3.22. The zero-order chi connectivity index (χ0) is 17.3. The second kappa shape index (κ2) is 6.15. The molecular formula is C19H24N4O. The van der Waals surface area contributed by atoms with Crippen LogP contribution in [0.25, 0.3) is 10.9 Å². The number of hydrogen-bond acceptors (Lipinski definition) is 2. The SMILES string of the molecule is Cn1cc(C(=O)N[C@@H](Cn2ccnc2)C(C)(C)C)c2ccccc21. The fraction of sp³-hybridized carbons (Fsp3) is 0.368. The second-order valence-electron chi connectivity index (χ2n) is 7.32. The third-order valence-electron chi connectivity index (χ3n) is 4.44. The molecule has 126 valence electrons. The van der Waals surface area contributed by atoms with Gasteiger partial charge in [0.15, 0.2) is 0 Å². The molecule has 2 aromatic heterocycles. The minimum atomic E-state index is -0.0650. The van der Waals surface area contributed by atoms with Gasteiger partial charge in [-0.25, -0.2) is 4.98 Å². The first-order valence-corrected chi connectivity index (χ1v) is 8.17. The van der Waals surface area contributed by atoms with Crippen molar-refractivity contribution in [2.45, 2.75) is 33.4 Å². The Morgan fingerprint density at radius 3 is 2.71 bits per heavy atom.